The van der Waals surface area contributed by atoms with Crippen molar-refractivity contribution in [3.63, 3.8) is 0 Å². The molecule has 2 aromatic rings. The van der Waals surface area contributed by atoms with E-state index in [1.165, 1.54) is 62.5 Å². The highest BCUT2D eigenvalue weighted by atomic mass is 14.8. The van der Waals surface area contributed by atoms with Crippen LogP contribution >= 0.6 is 0 Å². The zero-order valence-electron chi connectivity index (χ0n) is 19.4. The predicted molar refractivity (Wildman–Crippen MR) is 134 cm³/mol. The van der Waals surface area contributed by atoms with E-state index < -0.39 is 0 Å². The molecule has 0 atom stereocenters. The third kappa shape index (κ3) is 9.07. The molecule has 2 rings (SSSR count). The molecule has 2 aromatic carbocycles. The summed E-state index contributed by atoms with van der Waals surface area (Å²) in [6.45, 7) is 6.77. The molecule has 0 unspecified atom stereocenters. The summed E-state index contributed by atoms with van der Waals surface area (Å²) >= 11 is 0. The van der Waals surface area contributed by atoms with Crippen LogP contribution in [-0.2, 0) is 12.8 Å². The highest BCUT2D eigenvalue weighted by Gasteiger charge is 2.06. The summed E-state index contributed by atoms with van der Waals surface area (Å²) in [5.41, 5.74) is 6.14. The number of benzene rings is 2. The standard InChI is InChI=1S/C28H40N2/c1-4-7-11-15-24-20-21-27(22-25(24)16-12-8-5-2)30-28(17-9-6-3)23-29-26-18-13-10-14-19-26/h10,13-14,18-23H,4-9,11-12,15-17H2,1-3H3. The van der Waals surface area contributed by atoms with Gasteiger partial charge in [-0.2, -0.15) is 0 Å². The monoisotopic (exact) mass is 404 g/mol. The van der Waals surface area contributed by atoms with E-state index in [4.69, 9.17) is 4.99 Å². The maximum absolute atomic E-state index is 5.00. The first kappa shape index (κ1) is 24.1. The van der Waals surface area contributed by atoms with E-state index in [0.29, 0.717) is 0 Å². The van der Waals surface area contributed by atoms with Gasteiger partial charge in [0.25, 0.3) is 0 Å². The molecule has 0 aromatic heterocycles. The van der Waals surface area contributed by atoms with Gasteiger partial charge in [-0.15, -0.1) is 0 Å². The largest absolute Gasteiger partial charge is 0.255 e. The Kier molecular flexibility index (Phi) is 11.8. The Morgan fingerprint density at radius 2 is 1.37 bits per heavy atom. The second-order valence-electron chi connectivity index (χ2n) is 8.17. The first-order valence-electron chi connectivity index (χ1n) is 12.0. The summed E-state index contributed by atoms with van der Waals surface area (Å²) < 4.78 is 0. The lowest BCUT2D eigenvalue weighted by Gasteiger charge is -2.11. The van der Waals surface area contributed by atoms with Crippen LogP contribution in [0.2, 0.25) is 0 Å². The van der Waals surface area contributed by atoms with Crippen molar-refractivity contribution in [2.75, 3.05) is 0 Å². The van der Waals surface area contributed by atoms with Crippen molar-refractivity contribution in [2.45, 2.75) is 91.4 Å². The Morgan fingerprint density at radius 3 is 2.03 bits per heavy atom. The van der Waals surface area contributed by atoms with Crippen molar-refractivity contribution in [3.8, 4) is 0 Å². The summed E-state index contributed by atoms with van der Waals surface area (Å²) in [5.74, 6) is 0. The summed E-state index contributed by atoms with van der Waals surface area (Å²) in [6, 6.07) is 17.0. The van der Waals surface area contributed by atoms with Gasteiger partial charge in [-0.05, 0) is 73.9 Å². The lowest BCUT2D eigenvalue weighted by atomic mass is 9.96. The van der Waals surface area contributed by atoms with Gasteiger partial charge in [0.05, 0.1) is 17.1 Å². The van der Waals surface area contributed by atoms with Gasteiger partial charge < -0.3 is 0 Å². The van der Waals surface area contributed by atoms with Gasteiger partial charge >= 0.3 is 0 Å². The molecule has 0 aliphatic carbocycles. The minimum absolute atomic E-state index is 0.969. The van der Waals surface area contributed by atoms with Crippen LogP contribution in [-0.4, -0.2) is 11.9 Å². The lowest BCUT2D eigenvalue weighted by molar-refractivity contribution is 0.693. The lowest BCUT2D eigenvalue weighted by Crippen LogP contribution is -2.00. The van der Waals surface area contributed by atoms with E-state index in [0.717, 1.165) is 36.3 Å². The van der Waals surface area contributed by atoms with Gasteiger partial charge in [0, 0.05) is 6.21 Å². The van der Waals surface area contributed by atoms with Crippen LogP contribution in [0.3, 0.4) is 0 Å². The van der Waals surface area contributed by atoms with Crippen molar-refractivity contribution in [1.82, 2.24) is 0 Å². The average Bonchev–Trinajstić information content (AvgIpc) is 2.78. The number of para-hydroxylation sites is 1. The predicted octanol–water partition coefficient (Wildman–Crippen LogP) is 8.82. The van der Waals surface area contributed by atoms with E-state index >= 15 is 0 Å². The number of aryl methyl sites for hydroxylation is 2. The molecule has 0 saturated carbocycles. The van der Waals surface area contributed by atoms with Crippen LogP contribution in [0.15, 0.2) is 58.5 Å². The van der Waals surface area contributed by atoms with Crippen LogP contribution in [0.1, 0.15) is 89.7 Å². The topological polar surface area (TPSA) is 24.7 Å². The molecular formula is C28H40N2. The maximum Gasteiger partial charge on any atom is 0.0636 e. The number of rotatable bonds is 14. The maximum atomic E-state index is 5.00. The summed E-state index contributed by atoms with van der Waals surface area (Å²) in [4.78, 5) is 9.66. The summed E-state index contributed by atoms with van der Waals surface area (Å²) in [6.07, 6.45) is 15.3. The number of aliphatic imine (C=N–C) groups is 2. The van der Waals surface area contributed by atoms with Gasteiger partial charge in [-0.25, -0.2) is 0 Å². The smallest absolute Gasteiger partial charge is 0.0636 e. The van der Waals surface area contributed by atoms with Crippen molar-refractivity contribution in [3.05, 3.63) is 59.7 Å². The van der Waals surface area contributed by atoms with Crippen molar-refractivity contribution >= 4 is 23.3 Å². The zero-order chi connectivity index (χ0) is 21.4. The fraction of sp³-hybridized carbons (Fsp3) is 0.500. The molecule has 0 saturated heterocycles. The minimum atomic E-state index is 0.969. The highest BCUT2D eigenvalue weighted by Crippen LogP contribution is 2.23. The molecular weight excluding hydrogens is 364 g/mol. The van der Waals surface area contributed by atoms with E-state index in [2.05, 4.69) is 44.0 Å². The molecule has 2 nitrogen and oxygen atoms in total. The second kappa shape index (κ2) is 14.7. The van der Waals surface area contributed by atoms with Crippen LogP contribution in [0, 0.1) is 0 Å². The SMILES string of the molecule is CCCCCc1ccc(N=C(C=Nc2ccccc2)CCCC)cc1CCCCC. The molecule has 0 radical (unpaired) electrons. The molecule has 0 amide bonds. The number of unbranched alkanes of at least 4 members (excludes halogenated alkanes) is 5. The molecule has 0 aliphatic heterocycles. The molecule has 0 fully saturated rings. The van der Waals surface area contributed by atoms with Crippen LogP contribution in [0.5, 0.6) is 0 Å². The van der Waals surface area contributed by atoms with Gasteiger partial charge in [0.2, 0.25) is 0 Å². The fourth-order valence-electron chi connectivity index (χ4n) is 3.63. The molecule has 162 valence electrons. The van der Waals surface area contributed by atoms with Crippen molar-refractivity contribution in [2.24, 2.45) is 9.98 Å². The Morgan fingerprint density at radius 1 is 0.700 bits per heavy atom. The van der Waals surface area contributed by atoms with E-state index in [9.17, 15) is 0 Å². The molecule has 0 spiro atoms. The Bertz CT molecular complexity index is 774. The quantitative estimate of drug-likeness (QED) is 0.222. The Labute approximate surface area is 184 Å². The summed E-state index contributed by atoms with van der Waals surface area (Å²) in [7, 11) is 0. The van der Waals surface area contributed by atoms with Gasteiger partial charge in [-0.1, -0.05) is 77.1 Å². The van der Waals surface area contributed by atoms with Crippen LogP contribution in [0.4, 0.5) is 11.4 Å². The zero-order valence-corrected chi connectivity index (χ0v) is 19.4. The fourth-order valence-corrected chi connectivity index (χ4v) is 3.63. The molecule has 2 heteroatoms. The average molecular weight is 405 g/mol. The molecule has 0 aliphatic rings. The van der Waals surface area contributed by atoms with Crippen LogP contribution in [0.25, 0.3) is 0 Å². The van der Waals surface area contributed by atoms with Crippen LogP contribution < -0.4 is 0 Å². The highest BCUT2D eigenvalue weighted by molar-refractivity contribution is 6.31. The van der Waals surface area contributed by atoms with Gasteiger partial charge in [0.15, 0.2) is 0 Å². The number of hydrogen-bond donors (Lipinski definition) is 0. The number of nitrogens with zero attached hydrogens (tertiary/aromatic N) is 2. The third-order valence-corrected chi connectivity index (χ3v) is 5.47. The van der Waals surface area contributed by atoms with Gasteiger partial charge in [0.1, 0.15) is 0 Å². The molecule has 0 N–H and O–H groups in total. The van der Waals surface area contributed by atoms with Gasteiger partial charge in [-0.3, -0.25) is 9.98 Å². The third-order valence-electron chi connectivity index (χ3n) is 5.47. The Hall–Kier alpha value is -2.22. The number of hydrogen-bond acceptors (Lipinski definition) is 2. The van der Waals surface area contributed by atoms with Crippen molar-refractivity contribution in [1.29, 1.82) is 0 Å². The van der Waals surface area contributed by atoms with E-state index in [1.54, 1.807) is 0 Å². The summed E-state index contributed by atoms with van der Waals surface area (Å²) in [5, 5.41) is 0. The molecule has 30 heavy (non-hydrogen) atoms. The van der Waals surface area contributed by atoms with Crippen molar-refractivity contribution < 1.29 is 0 Å². The van der Waals surface area contributed by atoms with E-state index in [-0.39, 0.29) is 0 Å². The first-order valence-corrected chi connectivity index (χ1v) is 12.0. The second-order valence-corrected chi connectivity index (χ2v) is 8.17. The molecule has 0 heterocycles. The minimum Gasteiger partial charge on any atom is -0.255 e. The van der Waals surface area contributed by atoms with E-state index in [1.807, 2.05) is 36.5 Å². The normalized spacial score (nSPS) is 12.0. The Balaban J connectivity index is 2.23. The molecule has 0 bridgehead atoms. The first-order chi connectivity index (χ1) is 14.8.